The van der Waals surface area contributed by atoms with E-state index in [-0.39, 0.29) is 28.4 Å². The number of nitrogens with two attached hydrogens (primary N) is 2. The zero-order valence-electron chi connectivity index (χ0n) is 18.9. The summed E-state index contributed by atoms with van der Waals surface area (Å²) in [4.78, 5) is 14.8. The summed E-state index contributed by atoms with van der Waals surface area (Å²) in [5.41, 5.74) is 9.75. The lowest BCUT2D eigenvalue weighted by Crippen LogP contribution is -2.22. The third-order valence-electron chi connectivity index (χ3n) is 6.41. The Morgan fingerprint density at radius 2 is 1.74 bits per heavy atom. The van der Waals surface area contributed by atoms with E-state index >= 15 is 0 Å². The minimum atomic E-state index is -3.83. The Bertz CT molecular complexity index is 1340. The molecule has 0 bridgehead atoms. The molecular weight excluding hydrogens is 448 g/mol. The molecule has 3 aromatic rings. The number of nitrogen functional groups attached to an aromatic ring is 1. The molecule has 34 heavy (non-hydrogen) atoms. The summed E-state index contributed by atoms with van der Waals surface area (Å²) in [5.74, 6) is 0.0803. The van der Waals surface area contributed by atoms with Crippen LogP contribution < -0.4 is 10.9 Å². The number of likely N-dealkylation sites (tertiary alicyclic amines) is 1. The first-order chi connectivity index (χ1) is 16.1. The molecule has 0 spiro atoms. The van der Waals surface area contributed by atoms with Gasteiger partial charge in [-0.05, 0) is 35.7 Å². The Labute approximate surface area is 200 Å². The van der Waals surface area contributed by atoms with Crippen molar-refractivity contribution in [1.82, 2.24) is 4.90 Å². The van der Waals surface area contributed by atoms with E-state index < -0.39 is 10.0 Å². The summed E-state index contributed by atoms with van der Waals surface area (Å²) < 4.78 is 23.9. The Morgan fingerprint density at radius 3 is 2.38 bits per heavy atom. The van der Waals surface area contributed by atoms with Gasteiger partial charge in [-0.3, -0.25) is 15.1 Å². The second-order valence-corrected chi connectivity index (χ2v) is 10.3. The smallest absolute Gasteiger partial charge is 0.238 e. The van der Waals surface area contributed by atoms with Crippen LogP contribution in [0.25, 0.3) is 11.1 Å². The summed E-state index contributed by atoms with van der Waals surface area (Å²) in [6.45, 7) is 3.68. The van der Waals surface area contributed by atoms with E-state index in [1.165, 1.54) is 6.07 Å². The summed E-state index contributed by atoms with van der Waals surface area (Å²) in [5, 5.41) is 13.1. The van der Waals surface area contributed by atoms with Crippen LogP contribution in [0.1, 0.15) is 29.5 Å². The van der Waals surface area contributed by atoms with Crippen molar-refractivity contribution in [2.24, 2.45) is 16.8 Å². The molecule has 7 nitrogen and oxygen atoms in total. The lowest BCUT2D eigenvalue weighted by molar-refractivity contribution is -0.120. The maximum Gasteiger partial charge on any atom is 0.238 e. The van der Waals surface area contributed by atoms with Crippen LogP contribution in [0.4, 0.5) is 0 Å². The third-order valence-corrected chi connectivity index (χ3v) is 7.38. The molecule has 1 fully saturated rings. The highest BCUT2D eigenvalue weighted by atomic mass is 32.2. The number of nitrogens with zero attached hydrogens (tertiary/aromatic N) is 1. The van der Waals surface area contributed by atoms with Gasteiger partial charge in [0.15, 0.2) is 0 Å². The fourth-order valence-electron chi connectivity index (χ4n) is 4.70. The first kappa shape index (κ1) is 23.8. The Morgan fingerprint density at radius 1 is 1.03 bits per heavy atom. The molecule has 1 heterocycles. The molecule has 1 saturated heterocycles. The number of amidine groups is 1. The minimum absolute atomic E-state index is 0.0141. The molecule has 0 unspecified atom stereocenters. The number of sulfonamides is 1. The van der Waals surface area contributed by atoms with Crippen molar-refractivity contribution in [3.05, 3.63) is 89.5 Å². The van der Waals surface area contributed by atoms with Gasteiger partial charge < -0.3 is 5.73 Å². The Kier molecular flexibility index (Phi) is 6.65. The number of nitrogens with one attached hydrogen (secondary N) is 1. The third kappa shape index (κ3) is 5.09. The van der Waals surface area contributed by atoms with Crippen molar-refractivity contribution < 1.29 is 13.2 Å². The topological polar surface area (TPSA) is 130 Å². The summed E-state index contributed by atoms with van der Waals surface area (Å²) in [7, 11) is -3.83. The van der Waals surface area contributed by atoms with E-state index in [9.17, 15) is 13.2 Å². The normalized spacial score (nSPS) is 18.6. The lowest BCUT2D eigenvalue weighted by atomic mass is 9.86. The average molecular weight is 477 g/mol. The van der Waals surface area contributed by atoms with E-state index in [0.29, 0.717) is 24.2 Å². The van der Waals surface area contributed by atoms with Crippen molar-refractivity contribution in [1.29, 1.82) is 5.41 Å². The molecule has 2 atom stereocenters. The number of rotatable bonds is 7. The van der Waals surface area contributed by atoms with E-state index in [1.807, 2.05) is 42.5 Å². The van der Waals surface area contributed by atoms with E-state index in [0.717, 1.165) is 23.2 Å². The van der Waals surface area contributed by atoms with Crippen LogP contribution in [-0.2, 0) is 21.4 Å². The summed E-state index contributed by atoms with van der Waals surface area (Å²) in [6, 6.07) is 22.0. The second kappa shape index (κ2) is 9.50. The van der Waals surface area contributed by atoms with Gasteiger partial charge in [0.2, 0.25) is 10.0 Å². The number of benzene rings is 3. The maximum absolute atomic E-state index is 12.4. The molecule has 0 amide bonds. The van der Waals surface area contributed by atoms with E-state index in [2.05, 4.69) is 4.90 Å². The van der Waals surface area contributed by atoms with Gasteiger partial charge >= 0.3 is 0 Å². The number of carbonyl (C=O) groups is 1. The highest BCUT2D eigenvalue weighted by molar-refractivity contribution is 7.89. The molecular formula is C26H28N4O3S. The fraction of sp³-hybridized carbons (Fsp3) is 0.231. The molecule has 1 aliphatic heterocycles. The number of hydrogen-bond acceptors (Lipinski definition) is 5. The van der Waals surface area contributed by atoms with Crippen molar-refractivity contribution in [3.63, 3.8) is 0 Å². The second-order valence-electron chi connectivity index (χ2n) is 8.79. The van der Waals surface area contributed by atoms with Crippen molar-refractivity contribution in [2.75, 3.05) is 13.1 Å². The quantitative estimate of drug-likeness (QED) is 0.356. The number of Topliss-reactive ketones (excluding diaryl/α,β-unsaturated/α-hetero) is 1. The number of primary sulfonamides is 1. The predicted octanol–water partition coefficient (Wildman–Crippen LogP) is 3.09. The Hall–Kier alpha value is -3.33. The Balaban J connectivity index is 1.53. The molecule has 0 aliphatic carbocycles. The van der Waals surface area contributed by atoms with Crippen LogP contribution >= 0.6 is 0 Å². The van der Waals surface area contributed by atoms with Crippen molar-refractivity contribution in [3.8, 4) is 11.1 Å². The zero-order chi connectivity index (χ0) is 24.5. The summed E-state index contributed by atoms with van der Waals surface area (Å²) >= 11 is 0. The number of hydrogen-bond donors (Lipinski definition) is 3. The largest absolute Gasteiger partial charge is 0.384 e. The highest BCUT2D eigenvalue weighted by Gasteiger charge is 2.36. The molecule has 4 rings (SSSR count). The van der Waals surface area contributed by atoms with Crippen LogP contribution in [0.2, 0.25) is 0 Å². The summed E-state index contributed by atoms with van der Waals surface area (Å²) in [6.07, 6.45) is 0. The van der Waals surface area contributed by atoms with E-state index in [1.54, 1.807) is 31.2 Å². The molecule has 3 aromatic carbocycles. The van der Waals surface area contributed by atoms with Crippen molar-refractivity contribution >= 4 is 21.6 Å². The van der Waals surface area contributed by atoms with Crippen molar-refractivity contribution in [2.45, 2.75) is 24.3 Å². The lowest BCUT2D eigenvalue weighted by Gasteiger charge is -2.17. The number of carbonyl (C=O) groups excluding carboxylic acids is 1. The van der Waals surface area contributed by atoms with Crippen LogP contribution in [0, 0.1) is 11.3 Å². The first-order valence-electron chi connectivity index (χ1n) is 11.0. The van der Waals surface area contributed by atoms with Crippen LogP contribution in [0.3, 0.4) is 0 Å². The standard InChI is InChI=1S/C26H28N4O3S/c1-17(31)23-15-30(16-24(23)20-5-4-6-21(13-20)26(27)28)14-18-9-11-19(12-10-18)22-7-2-3-8-25(22)34(29,32)33/h2-13,23-24H,14-16H2,1H3,(H3,27,28)(H2,29,32,33)/t23-,24-/m1/s1. The van der Waals surface area contributed by atoms with Crippen LogP contribution in [0.5, 0.6) is 0 Å². The average Bonchev–Trinajstić information content (AvgIpc) is 3.23. The van der Waals surface area contributed by atoms with Gasteiger partial charge in [-0.1, -0.05) is 60.7 Å². The molecule has 0 saturated carbocycles. The van der Waals surface area contributed by atoms with Gasteiger partial charge in [0.25, 0.3) is 0 Å². The SMILES string of the molecule is CC(=O)[C@H]1CN(Cc2ccc(-c3ccccc3S(N)(=O)=O)cc2)C[C@@H]1c1cccc(C(=N)N)c1. The van der Waals surface area contributed by atoms with Gasteiger partial charge in [-0.15, -0.1) is 0 Å². The molecule has 5 N–H and O–H groups in total. The molecule has 0 aromatic heterocycles. The number of ketones is 1. The molecule has 1 aliphatic rings. The first-order valence-corrected chi connectivity index (χ1v) is 12.6. The minimum Gasteiger partial charge on any atom is -0.384 e. The van der Waals surface area contributed by atoms with Gasteiger partial charge in [-0.25, -0.2) is 13.6 Å². The van der Waals surface area contributed by atoms with Gasteiger partial charge in [0.05, 0.1) is 4.90 Å². The predicted molar refractivity (Wildman–Crippen MR) is 133 cm³/mol. The van der Waals surface area contributed by atoms with E-state index in [4.69, 9.17) is 16.3 Å². The monoisotopic (exact) mass is 476 g/mol. The zero-order valence-corrected chi connectivity index (χ0v) is 19.8. The van der Waals surface area contributed by atoms with Gasteiger partial charge in [0.1, 0.15) is 11.6 Å². The van der Waals surface area contributed by atoms with Gasteiger partial charge in [-0.2, -0.15) is 0 Å². The van der Waals surface area contributed by atoms with Gasteiger partial charge in [0, 0.05) is 42.6 Å². The molecule has 176 valence electrons. The molecule has 0 radical (unpaired) electrons. The molecule has 8 heteroatoms. The highest BCUT2D eigenvalue weighted by Crippen LogP contribution is 2.35. The van der Waals surface area contributed by atoms with Crippen LogP contribution in [0.15, 0.2) is 77.7 Å². The van der Waals surface area contributed by atoms with Crippen LogP contribution in [-0.4, -0.2) is 38.0 Å². The maximum atomic E-state index is 12.4. The fourth-order valence-corrected chi connectivity index (χ4v) is 5.46.